The molecule has 128 valence electrons. The minimum atomic E-state index is -1.24. The monoisotopic (exact) mass is 355 g/mol. The molecule has 24 heavy (non-hydrogen) atoms. The van der Waals surface area contributed by atoms with Crippen LogP contribution in [0.15, 0.2) is 36.7 Å². The molecule has 0 bridgehead atoms. The lowest BCUT2D eigenvalue weighted by molar-refractivity contribution is -0.153. The number of para-hydroxylation sites is 1. The SMILES string of the molecule is CCOC(=O)C(Cn1cccn1)OC(=O)Nc1c(F)cccc1Cl. The van der Waals surface area contributed by atoms with Crippen molar-refractivity contribution in [2.45, 2.75) is 19.6 Å². The van der Waals surface area contributed by atoms with E-state index in [4.69, 9.17) is 21.1 Å². The van der Waals surface area contributed by atoms with Gasteiger partial charge < -0.3 is 9.47 Å². The number of ether oxygens (including phenoxy) is 2. The Bertz CT molecular complexity index is 688. The van der Waals surface area contributed by atoms with Crippen molar-refractivity contribution in [2.75, 3.05) is 11.9 Å². The number of hydrogen-bond donors (Lipinski definition) is 1. The summed E-state index contributed by atoms with van der Waals surface area (Å²) in [5.74, 6) is -1.46. The van der Waals surface area contributed by atoms with Crippen LogP contribution < -0.4 is 5.32 Å². The highest BCUT2D eigenvalue weighted by Crippen LogP contribution is 2.24. The number of anilines is 1. The van der Waals surface area contributed by atoms with Gasteiger partial charge in [-0.1, -0.05) is 17.7 Å². The van der Waals surface area contributed by atoms with E-state index in [-0.39, 0.29) is 23.9 Å². The van der Waals surface area contributed by atoms with Gasteiger partial charge in [0, 0.05) is 12.4 Å². The smallest absolute Gasteiger partial charge is 0.412 e. The number of amides is 1. The number of esters is 1. The molecule has 1 aromatic heterocycles. The van der Waals surface area contributed by atoms with Crippen LogP contribution in [-0.2, 0) is 20.8 Å². The molecule has 0 aliphatic carbocycles. The van der Waals surface area contributed by atoms with E-state index in [1.165, 1.54) is 23.0 Å². The van der Waals surface area contributed by atoms with Crippen LogP contribution in [0, 0.1) is 5.82 Å². The molecule has 2 aromatic rings. The van der Waals surface area contributed by atoms with Gasteiger partial charge in [-0.2, -0.15) is 5.10 Å². The summed E-state index contributed by atoms with van der Waals surface area (Å²) in [5, 5.41) is 6.12. The van der Waals surface area contributed by atoms with Crippen LogP contribution in [0.4, 0.5) is 14.9 Å². The van der Waals surface area contributed by atoms with Crippen molar-refractivity contribution in [2.24, 2.45) is 0 Å². The number of carbonyl (C=O) groups is 2. The van der Waals surface area contributed by atoms with Crippen LogP contribution in [0.25, 0.3) is 0 Å². The number of rotatable bonds is 6. The lowest BCUT2D eigenvalue weighted by Crippen LogP contribution is -2.35. The highest BCUT2D eigenvalue weighted by Gasteiger charge is 2.26. The van der Waals surface area contributed by atoms with Crippen LogP contribution in [0.3, 0.4) is 0 Å². The fourth-order valence-corrected chi connectivity index (χ4v) is 2.06. The Morgan fingerprint density at radius 2 is 2.21 bits per heavy atom. The zero-order valence-corrected chi connectivity index (χ0v) is 13.5. The fourth-order valence-electron chi connectivity index (χ4n) is 1.85. The number of aromatic nitrogens is 2. The molecule has 0 spiro atoms. The Kier molecular flexibility index (Phi) is 6.14. The van der Waals surface area contributed by atoms with Crippen molar-refractivity contribution in [1.29, 1.82) is 0 Å². The number of hydrogen-bond acceptors (Lipinski definition) is 5. The van der Waals surface area contributed by atoms with Gasteiger partial charge in [0.05, 0.1) is 23.9 Å². The normalized spacial score (nSPS) is 11.6. The fraction of sp³-hybridized carbons (Fsp3) is 0.267. The van der Waals surface area contributed by atoms with Crippen molar-refractivity contribution < 1.29 is 23.5 Å². The largest absolute Gasteiger partial charge is 0.463 e. The second kappa shape index (κ2) is 8.30. The minimum Gasteiger partial charge on any atom is -0.463 e. The molecule has 0 saturated carbocycles. The van der Waals surface area contributed by atoms with Crippen LogP contribution in [0.2, 0.25) is 5.02 Å². The second-order valence-electron chi connectivity index (χ2n) is 4.60. The Morgan fingerprint density at radius 1 is 1.42 bits per heavy atom. The first kappa shape index (κ1) is 17.7. The third-order valence-electron chi connectivity index (χ3n) is 2.90. The molecule has 9 heteroatoms. The highest BCUT2D eigenvalue weighted by atomic mass is 35.5. The highest BCUT2D eigenvalue weighted by molar-refractivity contribution is 6.33. The molecule has 1 unspecified atom stereocenters. The minimum absolute atomic E-state index is 0.00621. The quantitative estimate of drug-likeness (QED) is 0.806. The average molecular weight is 356 g/mol. The number of nitrogens with zero attached hydrogens (tertiary/aromatic N) is 2. The summed E-state index contributed by atoms with van der Waals surface area (Å²) in [6.45, 7) is 1.71. The van der Waals surface area contributed by atoms with Gasteiger partial charge in [0.2, 0.25) is 6.10 Å². The third kappa shape index (κ3) is 4.69. The Balaban J connectivity index is 2.07. The number of benzene rings is 1. The molecule has 1 aromatic carbocycles. The van der Waals surface area contributed by atoms with Crippen LogP contribution in [0.1, 0.15) is 6.92 Å². The van der Waals surface area contributed by atoms with E-state index in [0.29, 0.717) is 0 Å². The standard InChI is InChI=1S/C15H15ClFN3O4/c1-2-23-14(21)12(9-20-8-4-7-18-20)24-15(22)19-13-10(16)5-3-6-11(13)17/h3-8,12H,2,9H2,1H3,(H,19,22). The summed E-state index contributed by atoms with van der Waals surface area (Å²) in [4.78, 5) is 23.9. The third-order valence-corrected chi connectivity index (χ3v) is 3.22. The van der Waals surface area contributed by atoms with Crippen molar-refractivity contribution in [1.82, 2.24) is 9.78 Å². The van der Waals surface area contributed by atoms with E-state index in [2.05, 4.69) is 10.4 Å². The molecule has 0 aliphatic heterocycles. The zero-order chi connectivity index (χ0) is 17.5. The summed E-state index contributed by atoms with van der Waals surface area (Å²) in [7, 11) is 0. The first-order chi connectivity index (χ1) is 11.5. The second-order valence-corrected chi connectivity index (χ2v) is 5.00. The van der Waals surface area contributed by atoms with E-state index in [0.717, 1.165) is 6.07 Å². The number of nitrogens with one attached hydrogen (secondary N) is 1. The maximum atomic E-state index is 13.7. The molecule has 1 amide bonds. The summed E-state index contributed by atoms with van der Waals surface area (Å²) in [6.07, 6.45) is 0.838. The lowest BCUT2D eigenvalue weighted by atomic mass is 10.3. The van der Waals surface area contributed by atoms with Gasteiger partial charge in [0.25, 0.3) is 0 Å². The lowest BCUT2D eigenvalue weighted by Gasteiger charge is -2.17. The van der Waals surface area contributed by atoms with Gasteiger partial charge in [-0.05, 0) is 25.1 Å². The molecule has 1 heterocycles. The molecular weight excluding hydrogens is 341 g/mol. The Hall–Kier alpha value is -2.61. The van der Waals surface area contributed by atoms with Gasteiger partial charge in [-0.25, -0.2) is 14.0 Å². The van der Waals surface area contributed by atoms with Crippen molar-refractivity contribution in [3.05, 3.63) is 47.5 Å². The van der Waals surface area contributed by atoms with Crippen molar-refractivity contribution in [3.63, 3.8) is 0 Å². The molecule has 1 N–H and O–H groups in total. The summed E-state index contributed by atoms with van der Waals surface area (Å²) in [6, 6.07) is 5.59. The molecular formula is C15H15ClFN3O4. The topological polar surface area (TPSA) is 82.5 Å². The van der Waals surface area contributed by atoms with Gasteiger partial charge in [0.1, 0.15) is 5.82 Å². The van der Waals surface area contributed by atoms with E-state index in [9.17, 15) is 14.0 Å². The number of carbonyl (C=O) groups excluding carboxylic acids is 2. The summed E-state index contributed by atoms with van der Waals surface area (Å²) in [5.41, 5.74) is -0.231. The Labute approximate surface area is 142 Å². The van der Waals surface area contributed by atoms with Crippen LogP contribution in [0.5, 0.6) is 0 Å². The average Bonchev–Trinajstić information content (AvgIpc) is 3.04. The molecule has 7 nitrogen and oxygen atoms in total. The van der Waals surface area contributed by atoms with E-state index in [1.54, 1.807) is 19.2 Å². The van der Waals surface area contributed by atoms with Crippen LogP contribution in [-0.4, -0.2) is 34.6 Å². The van der Waals surface area contributed by atoms with E-state index < -0.39 is 24.0 Å². The summed E-state index contributed by atoms with van der Waals surface area (Å²) < 4.78 is 25.0. The van der Waals surface area contributed by atoms with Gasteiger partial charge >= 0.3 is 12.1 Å². The maximum Gasteiger partial charge on any atom is 0.412 e. The number of halogens is 2. The molecule has 0 aliphatic rings. The van der Waals surface area contributed by atoms with Gasteiger partial charge in [-0.15, -0.1) is 0 Å². The van der Waals surface area contributed by atoms with Crippen molar-refractivity contribution in [3.8, 4) is 0 Å². The molecule has 0 radical (unpaired) electrons. The first-order valence-electron chi connectivity index (χ1n) is 7.07. The first-order valence-corrected chi connectivity index (χ1v) is 7.44. The van der Waals surface area contributed by atoms with E-state index in [1.807, 2.05) is 0 Å². The molecule has 0 saturated heterocycles. The summed E-state index contributed by atoms with van der Waals surface area (Å²) >= 11 is 5.82. The molecule has 1 atom stereocenters. The van der Waals surface area contributed by atoms with E-state index >= 15 is 0 Å². The zero-order valence-electron chi connectivity index (χ0n) is 12.7. The Morgan fingerprint density at radius 3 is 2.83 bits per heavy atom. The molecule has 2 rings (SSSR count). The predicted molar refractivity (Wildman–Crippen MR) is 84.2 cm³/mol. The van der Waals surface area contributed by atoms with Gasteiger partial charge in [-0.3, -0.25) is 10.00 Å². The molecule has 0 fully saturated rings. The van der Waals surface area contributed by atoms with Crippen molar-refractivity contribution >= 4 is 29.4 Å². The van der Waals surface area contributed by atoms with Gasteiger partial charge in [0.15, 0.2) is 0 Å². The predicted octanol–water partition coefficient (Wildman–Crippen LogP) is 2.86. The maximum absolute atomic E-state index is 13.7. The van der Waals surface area contributed by atoms with Crippen LogP contribution >= 0.6 is 11.6 Å².